The molecule has 0 saturated carbocycles. The van der Waals surface area contributed by atoms with Crippen molar-refractivity contribution < 1.29 is 9.84 Å². The van der Waals surface area contributed by atoms with Gasteiger partial charge in [-0.1, -0.05) is 106 Å². The summed E-state index contributed by atoms with van der Waals surface area (Å²) in [4.78, 5) is 0. The summed E-state index contributed by atoms with van der Waals surface area (Å²) in [6, 6.07) is 26.1. The Balaban J connectivity index is 0.000000166. The van der Waals surface area contributed by atoms with E-state index in [4.69, 9.17) is 4.74 Å². The summed E-state index contributed by atoms with van der Waals surface area (Å²) in [7, 11) is 0. The Bertz CT molecular complexity index is 812. The number of fused-ring (bicyclic) bond motifs is 3. The van der Waals surface area contributed by atoms with Crippen LogP contribution in [0.4, 0.5) is 0 Å². The highest BCUT2D eigenvalue weighted by molar-refractivity contribution is 5.77. The van der Waals surface area contributed by atoms with Crippen molar-refractivity contribution in [2.45, 2.75) is 51.6 Å². The topological polar surface area (TPSA) is 29.5 Å². The van der Waals surface area contributed by atoms with Gasteiger partial charge in [0.2, 0.25) is 0 Å². The summed E-state index contributed by atoms with van der Waals surface area (Å²) in [6.07, 6.45) is 7.46. The highest BCUT2D eigenvalue weighted by atomic mass is 16.5. The average molecular weight is 389 g/mol. The van der Waals surface area contributed by atoms with Gasteiger partial charge in [-0.2, -0.15) is 0 Å². The van der Waals surface area contributed by atoms with Gasteiger partial charge < -0.3 is 9.84 Å². The average Bonchev–Trinajstić information content (AvgIpc) is 3.07. The molecule has 0 bridgehead atoms. The van der Waals surface area contributed by atoms with Gasteiger partial charge in [-0.25, -0.2) is 0 Å². The van der Waals surface area contributed by atoms with Crippen LogP contribution in [0.2, 0.25) is 0 Å². The van der Waals surface area contributed by atoms with E-state index in [0.29, 0.717) is 0 Å². The fourth-order valence-corrected chi connectivity index (χ4v) is 3.72. The van der Waals surface area contributed by atoms with Crippen LogP contribution in [0.3, 0.4) is 0 Å². The zero-order valence-corrected chi connectivity index (χ0v) is 17.4. The van der Waals surface area contributed by atoms with Crippen LogP contribution in [0.5, 0.6) is 5.75 Å². The minimum absolute atomic E-state index is 0.442. The van der Waals surface area contributed by atoms with E-state index in [1.807, 2.05) is 66.7 Å². The molecule has 29 heavy (non-hydrogen) atoms. The Morgan fingerprint density at radius 2 is 1.17 bits per heavy atom. The van der Waals surface area contributed by atoms with Crippen molar-refractivity contribution in [2.75, 3.05) is 6.61 Å². The number of hydrogen-bond donors (Lipinski definition) is 1. The summed E-state index contributed by atoms with van der Waals surface area (Å²) in [5.74, 6) is 0.992. The molecule has 2 nitrogen and oxygen atoms in total. The zero-order chi connectivity index (χ0) is 20.3. The van der Waals surface area contributed by atoms with Crippen LogP contribution in [0, 0.1) is 0 Å². The monoisotopic (exact) mass is 388 g/mol. The predicted molar refractivity (Wildman–Crippen MR) is 121 cm³/mol. The van der Waals surface area contributed by atoms with Crippen molar-refractivity contribution in [3.63, 3.8) is 0 Å². The molecule has 1 N–H and O–H groups in total. The van der Waals surface area contributed by atoms with Gasteiger partial charge in [-0.15, -0.1) is 0 Å². The molecule has 1 aliphatic rings. The maximum absolute atomic E-state index is 10.0. The first-order valence-corrected chi connectivity index (χ1v) is 10.9. The Hall–Kier alpha value is -2.58. The second kappa shape index (κ2) is 11.4. The number of rotatable bonds is 8. The van der Waals surface area contributed by atoms with E-state index in [2.05, 4.69) is 19.1 Å². The second-order valence-electron chi connectivity index (χ2n) is 7.51. The molecule has 0 amide bonds. The van der Waals surface area contributed by atoms with E-state index >= 15 is 0 Å². The van der Waals surface area contributed by atoms with Gasteiger partial charge >= 0.3 is 0 Å². The van der Waals surface area contributed by atoms with Crippen molar-refractivity contribution >= 4 is 0 Å². The highest BCUT2D eigenvalue weighted by Crippen LogP contribution is 2.42. The Kier molecular flexibility index (Phi) is 8.33. The van der Waals surface area contributed by atoms with Crippen molar-refractivity contribution in [3.8, 4) is 16.9 Å². The Morgan fingerprint density at radius 1 is 0.655 bits per heavy atom. The maximum Gasteiger partial charge on any atom is 0.119 e. The summed E-state index contributed by atoms with van der Waals surface area (Å²) in [5.41, 5.74) is 4.37. The molecule has 0 heterocycles. The fourth-order valence-electron chi connectivity index (χ4n) is 3.72. The lowest BCUT2D eigenvalue weighted by Crippen LogP contribution is -1.96. The molecule has 152 valence electrons. The van der Waals surface area contributed by atoms with Gasteiger partial charge in [0.15, 0.2) is 0 Å². The molecule has 0 spiro atoms. The molecule has 4 rings (SSSR count). The number of aliphatic hydroxyl groups excluding tert-OH is 1. The van der Waals surface area contributed by atoms with Crippen molar-refractivity contribution in [2.24, 2.45) is 0 Å². The van der Waals surface area contributed by atoms with E-state index in [-0.39, 0.29) is 0 Å². The summed E-state index contributed by atoms with van der Waals surface area (Å²) in [6.45, 7) is 3.11. The number of hydrogen-bond acceptors (Lipinski definition) is 2. The van der Waals surface area contributed by atoms with Crippen molar-refractivity contribution in [1.29, 1.82) is 0 Å². The first kappa shape index (κ1) is 21.1. The maximum atomic E-state index is 10.0. The van der Waals surface area contributed by atoms with Crippen LogP contribution >= 0.6 is 0 Å². The molecule has 0 radical (unpaired) electrons. The molecule has 3 aromatic rings. The fraction of sp³-hybridized carbons (Fsp3) is 0.333. The first-order valence-electron chi connectivity index (χ1n) is 10.9. The van der Waals surface area contributed by atoms with E-state index < -0.39 is 6.10 Å². The first-order chi connectivity index (χ1) is 14.3. The quantitative estimate of drug-likeness (QED) is 0.414. The van der Waals surface area contributed by atoms with Crippen LogP contribution in [0.1, 0.15) is 62.7 Å². The third-order valence-electron chi connectivity index (χ3n) is 5.31. The molecule has 0 unspecified atom stereocenters. The molecular formula is C27H32O2. The number of aliphatic hydroxyl groups is 1. The summed E-state index contributed by atoms with van der Waals surface area (Å²) in [5, 5.41) is 10.0. The molecule has 2 heteroatoms. The van der Waals surface area contributed by atoms with E-state index in [1.165, 1.54) is 38.5 Å². The van der Waals surface area contributed by atoms with Crippen LogP contribution in [0.25, 0.3) is 11.1 Å². The number of unbranched alkanes of at least 4 members (excludes halogenated alkanes) is 5. The normalized spacial score (nSPS) is 11.9. The standard InChI is InChI=1S/C14H22O.C13H10O/c1-2-3-4-5-6-10-13-15-14-11-8-7-9-12-14;14-13-11-7-3-1-5-9(11)10-6-2-4-8-12(10)13/h7-9,11-12H,2-6,10,13H2,1H3;1-8,13-14H. The number of ether oxygens (including phenoxy) is 1. The summed E-state index contributed by atoms with van der Waals surface area (Å²) < 4.78 is 5.61. The largest absolute Gasteiger partial charge is 0.494 e. The predicted octanol–water partition coefficient (Wildman–Crippen LogP) is 7.17. The Labute approximate surface area is 175 Å². The smallest absolute Gasteiger partial charge is 0.119 e. The lowest BCUT2D eigenvalue weighted by atomic mass is 10.1. The number of para-hydroxylation sites is 1. The SMILES string of the molecule is CCCCCCCCOc1ccccc1.OC1c2ccccc2-c2ccccc21. The van der Waals surface area contributed by atoms with Gasteiger partial charge in [0, 0.05) is 0 Å². The van der Waals surface area contributed by atoms with E-state index in [1.54, 1.807) is 0 Å². The van der Waals surface area contributed by atoms with Gasteiger partial charge in [0.05, 0.1) is 6.61 Å². The molecule has 0 saturated heterocycles. The van der Waals surface area contributed by atoms with Gasteiger partial charge in [0.25, 0.3) is 0 Å². The van der Waals surface area contributed by atoms with Crippen LogP contribution in [-0.2, 0) is 0 Å². The van der Waals surface area contributed by atoms with Crippen LogP contribution in [-0.4, -0.2) is 11.7 Å². The van der Waals surface area contributed by atoms with E-state index in [9.17, 15) is 5.11 Å². The van der Waals surface area contributed by atoms with Gasteiger partial charge in [0.1, 0.15) is 11.9 Å². The third kappa shape index (κ3) is 5.95. The molecule has 3 aromatic carbocycles. The Morgan fingerprint density at radius 3 is 1.79 bits per heavy atom. The highest BCUT2D eigenvalue weighted by Gasteiger charge is 2.25. The molecule has 0 atom stereocenters. The second-order valence-corrected chi connectivity index (χ2v) is 7.51. The molecular weight excluding hydrogens is 356 g/mol. The summed E-state index contributed by atoms with van der Waals surface area (Å²) >= 11 is 0. The lowest BCUT2D eigenvalue weighted by molar-refractivity contribution is 0.225. The number of benzene rings is 3. The molecule has 0 aliphatic heterocycles. The van der Waals surface area contributed by atoms with Crippen LogP contribution in [0.15, 0.2) is 78.9 Å². The minimum Gasteiger partial charge on any atom is -0.494 e. The molecule has 1 aliphatic carbocycles. The van der Waals surface area contributed by atoms with Gasteiger partial charge in [-0.05, 0) is 40.8 Å². The van der Waals surface area contributed by atoms with Crippen LogP contribution < -0.4 is 4.74 Å². The van der Waals surface area contributed by atoms with Crippen molar-refractivity contribution in [1.82, 2.24) is 0 Å². The zero-order valence-electron chi connectivity index (χ0n) is 17.4. The molecule has 0 fully saturated rings. The van der Waals surface area contributed by atoms with E-state index in [0.717, 1.165) is 34.6 Å². The molecule has 0 aromatic heterocycles. The van der Waals surface area contributed by atoms with Crippen molar-refractivity contribution in [3.05, 3.63) is 90.0 Å². The van der Waals surface area contributed by atoms with Gasteiger partial charge in [-0.3, -0.25) is 0 Å². The third-order valence-corrected chi connectivity index (χ3v) is 5.31. The minimum atomic E-state index is -0.442. The lowest BCUT2D eigenvalue weighted by Gasteiger charge is -2.05.